The fourth-order valence-corrected chi connectivity index (χ4v) is 2.55. The van der Waals surface area contributed by atoms with E-state index in [0.29, 0.717) is 6.42 Å². The van der Waals surface area contributed by atoms with Gasteiger partial charge in [-0.2, -0.15) is 0 Å². The van der Waals surface area contributed by atoms with Crippen molar-refractivity contribution in [3.63, 3.8) is 0 Å². The maximum Gasteiger partial charge on any atom is 0.326 e. The summed E-state index contributed by atoms with van der Waals surface area (Å²) in [4.78, 5) is 22.9. The molecule has 1 fully saturated rings. The van der Waals surface area contributed by atoms with E-state index in [1.54, 1.807) is 0 Å². The van der Waals surface area contributed by atoms with Gasteiger partial charge < -0.3 is 15.7 Å². The van der Waals surface area contributed by atoms with E-state index >= 15 is 0 Å². The van der Waals surface area contributed by atoms with E-state index in [9.17, 15) is 9.59 Å². The van der Waals surface area contributed by atoms with Crippen molar-refractivity contribution in [3.05, 3.63) is 0 Å². The topological polar surface area (TPSA) is 78.4 Å². The average molecular weight is 270 g/mol. The molecular formula is C14H26N2O3. The highest BCUT2D eigenvalue weighted by atomic mass is 16.4. The Kier molecular flexibility index (Phi) is 4.48. The lowest BCUT2D eigenvalue weighted by atomic mass is 10.0. The summed E-state index contributed by atoms with van der Waals surface area (Å²) in [7, 11) is 0. The minimum absolute atomic E-state index is 0.0481. The molecule has 1 aliphatic rings. The van der Waals surface area contributed by atoms with Crippen LogP contribution in [0.5, 0.6) is 0 Å². The Hall–Kier alpha value is -1.26. The Balaban J connectivity index is 2.49. The highest BCUT2D eigenvalue weighted by Gasteiger charge is 2.65. The Morgan fingerprint density at radius 1 is 1.21 bits per heavy atom. The number of nitrogens with one attached hydrogen (secondary N) is 2. The molecule has 3 N–H and O–H groups in total. The molecule has 0 unspecified atom stereocenters. The summed E-state index contributed by atoms with van der Waals surface area (Å²) >= 11 is 0. The zero-order valence-corrected chi connectivity index (χ0v) is 12.5. The SMILES string of the molecule is CCCC[C@H](NC(=O)NC1C(C)(C)C1(C)C)C(=O)O. The van der Waals surface area contributed by atoms with Crippen molar-refractivity contribution in [1.29, 1.82) is 0 Å². The number of amides is 2. The molecule has 0 spiro atoms. The Labute approximate surface area is 115 Å². The second-order valence-electron chi connectivity index (χ2n) is 6.53. The van der Waals surface area contributed by atoms with E-state index in [0.717, 1.165) is 12.8 Å². The van der Waals surface area contributed by atoms with Gasteiger partial charge in [-0.3, -0.25) is 0 Å². The molecule has 19 heavy (non-hydrogen) atoms. The van der Waals surface area contributed by atoms with E-state index in [2.05, 4.69) is 38.3 Å². The van der Waals surface area contributed by atoms with Crippen LogP contribution in [0.3, 0.4) is 0 Å². The minimum Gasteiger partial charge on any atom is -0.480 e. The molecule has 1 atom stereocenters. The molecule has 2 amide bonds. The average Bonchev–Trinajstić information content (AvgIpc) is 2.66. The molecule has 1 saturated carbocycles. The van der Waals surface area contributed by atoms with Crippen molar-refractivity contribution in [3.8, 4) is 0 Å². The quantitative estimate of drug-likeness (QED) is 0.693. The van der Waals surface area contributed by atoms with Gasteiger partial charge in [0.1, 0.15) is 6.04 Å². The first-order valence-corrected chi connectivity index (χ1v) is 6.94. The van der Waals surface area contributed by atoms with E-state index in [1.165, 1.54) is 0 Å². The number of carbonyl (C=O) groups is 2. The first-order chi connectivity index (χ1) is 8.64. The predicted octanol–water partition coefficient (Wildman–Crippen LogP) is 2.36. The van der Waals surface area contributed by atoms with Gasteiger partial charge in [-0.25, -0.2) is 9.59 Å². The van der Waals surface area contributed by atoms with Crippen molar-refractivity contribution in [1.82, 2.24) is 10.6 Å². The third kappa shape index (κ3) is 3.19. The molecule has 0 bridgehead atoms. The number of hydrogen-bond donors (Lipinski definition) is 3. The molecule has 110 valence electrons. The van der Waals surface area contributed by atoms with Gasteiger partial charge in [0.2, 0.25) is 0 Å². The number of carbonyl (C=O) groups excluding carboxylic acids is 1. The third-order valence-corrected chi connectivity index (χ3v) is 4.75. The van der Waals surface area contributed by atoms with Gasteiger partial charge in [0.15, 0.2) is 0 Å². The molecule has 0 aromatic heterocycles. The van der Waals surface area contributed by atoms with Gasteiger partial charge >= 0.3 is 12.0 Å². The molecule has 0 aromatic rings. The summed E-state index contributed by atoms with van der Waals surface area (Å²) in [5.41, 5.74) is 0.0962. The van der Waals surface area contributed by atoms with Crippen LogP contribution < -0.4 is 10.6 Å². The lowest BCUT2D eigenvalue weighted by Gasteiger charge is -2.15. The molecule has 1 rings (SSSR count). The number of carboxylic acids is 1. The molecule has 5 nitrogen and oxygen atoms in total. The van der Waals surface area contributed by atoms with Crippen LogP contribution in [0.4, 0.5) is 4.79 Å². The summed E-state index contributed by atoms with van der Waals surface area (Å²) in [5.74, 6) is -0.974. The molecule has 0 saturated heterocycles. The first-order valence-electron chi connectivity index (χ1n) is 6.94. The zero-order chi connectivity index (χ0) is 14.8. The van der Waals surface area contributed by atoms with Gasteiger partial charge in [-0.1, -0.05) is 47.5 Å². The van der Waals surface area contributed by atoms with Crippen LogP contribution in [0.25, 0.3) is 0 Å². The molecule has 0 aliphatic heterocycles. The van der Waals surface area contributed by atoms with Crippen LogP contribution >= 0.6 is 0 Å². The van der Waals surface area contributed by atoms with Gasteiger partial charge in [-0.05, 0) is 17.3 Å². The number of carboxylic acid groups (broad SMARTS) is 1. The van der Waals surface area contributed by atoms with Crippen molar-refractivity contribution in [2.45, 2.75) is 66.0 Å². The van der Waals surface area contributed by atoms with Crippen LogP contribution in [-0.4, -0.2) is 29.2 Å². The van der Waals surface area contributed by atoms with Gasteiger partial charge in [0, 0.05) is 6.04 Å². The van der Waals surface area contributed by atoms with Crippen LogP contribution in [0.15, 0.2) is 0 Å². The van der Waals surface area contributed by atoms with Crippen molar-refractivity contribution in [2.24, 2.45) is 10.8 Å². The number of hydrogen-bond acceptors (Lipinski definition) is 2. The fourth-order valence-electron chi connectivity index (χ4n) is 2.55. The fraction of sp³-hybridized carbons (Fsp3) is 0.857. The van der Waals surface area contributed by atoms with E-state index in [4.69, 9.17) is 5.11 Å². The Morgan fingerprint density at radius 3 is 2.11 bits per heavy atom. The molecule has 0 aromatic carbocycles. The van der Waals surface area contributed by atoms with Crippen molar-refractivity contribution in [2.75, 3.05) is 0 Å². The molecule has 0 radical (unpaired) electrons. The molecule has 5 heteroatoms. The second kappa shape index (κ2) is 5.39. The summed E-state index contributed by atoms with van der Waals surface area (Å²) in [5, 5.41) is 14.5. The normalized spacial score (nSPS) is 21.5. The van der Waals surface area contributed by atoms with Crippen molar-refractivity contribution < 1.29 is 14.7 Å². The molecule has 1 aliphatic carbocycles. The summed E-state index contributed by atoms with van der Waals surface area (Å²) in [6.45, 7) is 10.4. The van der Waals surface area contributed by atoms with Crippen molar-refractivity contribution >= 4 is 12.0 Å². The maximum atomic E-state index is 11.9. The number of rotatable bonds is 6. The first kappa shape index (κ1) is 15.8. The van der Waals surface area contributed by atoms with E-state index in [1.807, 2.05) is 6.92 Å². The summed E-state index contributed by atoms with van der Waals surface area (Å²) in [6.07, 6.45) is 2.17. The molecule has 0 heterocycles. The maximum absolute atomic E-state index is 11.9. The van der Waals surface area contributed by atoms with Crippen LogP contribution in [0.1, 0.15) is 53.9 Å². The highest BCUT2D eigenvalue weighted by molar-refractivity contribution is 5.83. The predicted molar refractivity (Wildman–Crippen MR) is 74.0 cm³/mol. The smallest absolute Gasteiger partial charge is 0.326 e. The number of aliphatic carboxylic acids is 1. The standard InChI is InChI=1S/C14H26N2O3/c1-6-7-8-9(10(17)18)15-12(19)16-11-13(2,3)14(11,4)5/h9,11H,6-8H2,1-5H3,(H,17,18)(H2,15,16,19)/t9-/m0/s1. The highest BCUT2D eigenvalue weighted by Crippen LogP contribution is 2.62. The van der Waals surface area contributed by atoms with Crippen LogP contribution in [0, 0.1) is 10.8 Å². The minimum atomic E-state index is -0.974. The third-order valence-electron chi connectivity index (χ3n) is 4.75. The van der Waals surface area contributed by atoms with Crippen LogP contribution in [0.2, 0.25) is 0 Å². The van der Waals surface area contributed by atoms with Gasteiger partial charge in [-0.15, -0.1) is 0 Å². The Bertz CT molecular complexity index is 350. The van der Waals surface area contributed by atoms with E-state index < -0.39 is 12.0 Å². The largest absolute Gasteiger partial charge is 0.480 e. The summed E-state index contributed by atoms with van der Waals surface area (Å²) in [6, 6.07) is -1.10. The van der Waals surface area contributed by atoms with E-state index in [-0.39, 0.29) is 22.9 Å². The lowest BCUT2D eigenvalue weighted by molar-refractivity contribution is -0.139. The molecular weight excluding hydrogens is 244 g/mol. The lowest BCUT2D eigenvalue weighted by Crippen LogP contribution is -2.47. The number of unbranched alkanes of at least 4 members (excludes halogenated alkanes) is 1. The Morgan fingerprint density at radius 2 is 1.74 bits per heavy atom. The number of urea groups is 1. The van der Waals surface area contributed by atoms with Gasteiger partial charge in [0.05, 0.1) is 0 Å². The monoisotopic (exact) mass is 270 g/mol. The van der Waals surface area contributed by atoms with Gasteiger partial charge in [0.25, 0.3) is 0 Å². The van der Waals surface area contributed by atoms with Crippen LogP contribution in [-0.2, 0) is 4.79 Å². The second-order valence-corrected chi connectivity index (χ2v) is 6.53. The zero-order valence-electron chi connectivity index (χ0n) is 12.5. The summed E-state index contributed by atoms with van der Waals surface area (Å²) < 4.78 is 0.